The Labute approximate surface area is 186 Å². The van der Waals surface area contributed by atoms with Crippen LogP contribution in [0.15, 0.2) is 48.5 Å². The summed E-state index contributed by atoms with van der Waals surface area (Å²) in [4.78, 5) is 39.2. The van der Waals surface area contributed by atoms with Gasteiger partial charge in [-0.1, -0.05) is 30.3 Å². The van der Waals surface area contributed by atoms with Crippen LogP contribution in [0.1, 0.15) is 18.9 Å². The minimum absolute atomic E-state index is 0.0998. The van der Waals surface area contributed by atoms with Gasteiger partial charge in [-0.05, 0) is 31.0 Å². The minimum Gasteiger partial charge on any atom is -0.486 e. The molecule has 2 heterocycles. The zero-order valence-electron chi connectivity index (χ0n) is 18.0. The van der Waals surface area contributed by atoms with E-state index in [1.165, 1.54) is 0 Å². The van der Waals surface area contributed by atoms with E-state index in [2.05, 4.69) is 10.6 Å². The van der Waals surface area contributed by atoms with E-state index in [1.807, 2.05) is 30.3 Å². The molecule has 0 saturated carbocycles. The summed E-state index contributed by atoms with van der Waals surface area (Å²) in [5, 5.41) is 5.58. The molecule has 2 aromatic carbocycles. The van der Waals surface area contributed by atoms with Crippen LogP contribution in [0.25, 0.3) is 0 Å². The number of hydrogen-bond donors (Lipinski definition) is 2. The summed E-state index contributed by atoms with van der Waals surface area (Å²) < 4.78 is 11.1. The Morgan fingerprint density at radius 3 is 2.62 bits per heavy atom. The Balaban J connectivity index is 1.28. The van der Waals surface area contributed by atoms with E-state index < -0.39 is 12.0 Å². The molecule has 0 aliphatic carbocycles. The minimum atomic E-state index is -0.684. The van der Waals surface area contributed by atoms with E-state index in [0.29, 0.717) is 36.9 Å². The fourth-order valence-electron chi connectivity index (χ4n) is 3.86. The third-order valence-corrected chi connectivity index (χ3v) is 5.64. The molecule has 0 spiro atoms. The van der Waals surface area contributed by atoms with Crippen molar-refractivity contribution in [2.24, 2.45) is 5.92 Å². The van der Waals surface area contributed by atoms with Crippen LogP contribution >= 0.6 is 0 Å². The smallest absolute Gasteiger partial charge is 0.242 e. The molecule has 0 bridgehead atoms. The summed E-state index contributed by atoms with van der Waals surface area (Å²) in [6.45, 7) is 3.34. The Morgan fingerprint density at radius 2 is 1.84 bits per heavy atom. The predicted octanol–water partition coefficient (Wildman–Crippen LogP) is 1.67. The number of nitrogens with one attached hydrogen (secondary N) is 2. The molecule has 0 radical (unpaired) electrons. The number of ether oxygens (including phenoxy) is 2. The van der Waals surface area contributed by atoms with E-state index in [9.17, 15) is 14.4 Å². The van der Waals surface area contributed by atoms with E-state index in [1.54, 1.807) is 30.0 Å². The number of carbonyl (C=O) groups is 3. The lowest BCUT2D eigenvalue weighted by Crippen LogP contribution is -2.47. The maximum atomic E-state index is 12.7. The number of hydrogen-bond acceptors (Lipinski definition) is 5. The second-order valence-electron chi connectivity index (χ2n) is 7.99. The summed E-state index contributed by atoms with van der Waals surface area (Å²) in [6, 6.07) is 14.5. The average Bonchev–Trinajstić information content (AvgIpc) is 3.21. The molecule has 2 aromatic rings. The van der Waals surface area contributed by atoms with Crippen molar-refractivity contribution in [1.82, 2.24) is 10.6 Å². The van der Waals surface area contributed by atoms with E-state index >= 15 is 0 Å². The van der Waals surface area contributed by atoms with Gasteiger partial charge in [0.25, 0.3) is 0 Å². The molecular weight excluding hydrogens is 410 g/mol. The Hall–Kier alpha value is -3.55. The maximum Gasteiger partial charge on any atom is 0.242 e. The molecule has 32 heavy (non-hydrogen) atoms. The fraction of sp³-hybridized carbons (Fsp3) is 0.375. The largest absolute Gasteiger partial charge is 0.486 e. The summed E-state index contributed by atoms with van der Waals surface area (Å²) in [7, 11) is 0. The summed E-state index contributed by atoms with van der Waals surface area (Å²) in [5.41, 5.74) is 1.80. The molecule has 1 fully saturated rings. The predicted molar refractivity (Wildman–Crippen MR) is 119 cm³/mol. The van der Waals surface area contributed by atoms with Gasteiger partial charge >= 0.3 is 0 Å². The molecule has 168 valence electrons. The van der Waals surface area contributed by atoms with Gasteiger partial charge in [-0.15, -0.1) is 0 Å². The van der Waals surface area contributed by atoms with Gasteiger partial charge in [0, 0.05) is 31.3 Å². The van der Waals surface area contributed by atoms with Gasteiger partial charge in [0.05, 0.1) is 5.92 Å². The van der Waals surface area contributed by atoms with Crippen LogP contribution in [0.5, 0.6) is 11.5 Å². The van der Waals surface area contributed by atoms with Gasteiger partial charge in [-0.2, -0.15) is 0 Å². The van der Waals surface area contributed by atoms with Crippen LogP contribution in [0, 0.1) is 5.92 Å². The normalized spacial score (nSPS) is 18.2. The van der Waals surface area contributed by atoms with Gasteiger partial charge in [-0.3, -0.25) is 14.4 Å². The number of anilines is 1. The van der Waals surface area contributed by atoms with Crippen LogP contribution in [-0.4, -0.2) is 50.1 Å². The number of benzene rings is 2. The lowest BCUT2D eigenvalue weighted by Gasteiger charge is -2.22. The number of carbonyl (C=O) groups excluding carboxylic acids is 3. The highest BCUT2D eigenvalue weighted by molar-refractivity contribution is 6.01. The molecule has 2 N–H and O–H groups in total. The number of rotatable bonds is 7. The molecule has 4 rings (SSSR count). The van der Waals surface area contributed by atoms with E-state index in [0.717, 1.165) is 12.0 Å². The second-order valence-corrected chi connectivity index (χ2v) is 7.99. The van der Waals surface area contributed by atoms with Gasteiger partial charge in [-0.25, -0.2) is 0 Å². The molecule has 3 amide bonds. The van der Waals surface area contributed by atoms with Crippen LogP contribution in [0.2, 0.25) is 0 Å². The number of nitrogens with zero attached hydrogens (tertiary/aromatic N) is 1. The average molecular weight is 437 g/mol. The van der Waals surface area contributed by atoms with Crippen molar-refractivity contribution in [3.8, 4) is 11.5 Å². The Morgan fingerprint density at radius 1 is 1.09 bits per heavy atom. The van der Waals surface area contributed by atoms with E-state index in [-0.39, 0.29) is 30.7 Å². The fourth-order valence-corrected chi connectivity index (χ4v) is 3.86. The molecule has 2 unspecified atom stereocenters. The second kappa shape index (κ2) is 9.72. The van der Waals surface area contributed by atoms with Crippen LogP contribution in [0.3, 0.4) is 0 Å². The number of amides is 3. The van der Waals surface area contributed by atoms with Gasteiger partial charge in [0.15, 0.2) is 11.5 Å². The standard InChI is InChI=1S/C24H27N3O5/c1-16(23(29)25-10-9-17-5-3-2-4-6-17)26-24(30)18-13-22(28)27(15-18)19-7-8-20-21(14-19)32-12-11-31-20/h2-8,14,16,18H,9-13,15H2,1H3,(H,25,29)(H,26,30). The number of fused-ring (bicyclic) bond motifs is 1. The first-order chi connectivity index (χ1) is 15.5. The lowest BCUT2D eigenvalue weighted by atomic mass is 10.1. The van der Waals surface area contributed by atoms with Crippen molar-refractivity contribution in [3.63, 3.8) is 0 Å². The first-order valence-electron chi connectivity index (χ1n) is 10.8. The first-order valence-corrected chi connectivity index (χ1v) is 10.8. The molecule has 2 atom stereocenters. The van der Waals surface area contributed by atoms with Crippen LogP contribution in [0.4, 0.5) is 5.69 Å². The van der Waals surface area contributed by atoms with E-state index in [4.69, 9.17) is 9.47 Å². The lowest BCUT2D eigenvalue weighted by molar-refractivity contribution is -0.130. The molecule has 0 aromatic heterocycles. The summed E-state index contributed by atoms with van der Waals surface area (Å²) in [6.07, 6.45) is 0.817. The van der Waals surface area contributed by atoms with Crippen molar-refractivity contribution < 1.29 is 23.9 Å². The molecule has 1 saturated heterocycles. The Bertz CT molecular complexity index is 994. The summed E-state index contributed by atoms with van der Waals surface area (Å²) in [5.74, 6) is 0.0340. The van der Waals surface area contributed by atoms with Crippen molar-refractivity contribution in [3.05, 3.63) is 54.1 Å². The van der Waals surface area contributed by atoms with Crippen LogP contribution < -0.4 is 25.0 Å². The Kier molecular flexibility index (Phi) is 6.58. The van der Waals surface area contributed by atoms with Crippen molar-refractivity contribution in [1.29, 1.82) is 0 Å². The van der Waals surface area contributed by atoms with Gasteiger partial charge in [0.1, 0.15) is 19.3 Å². The monoisotopic (exact) mass is 437 g/mol. The molecular formula is C24H27N3O5. The molecule has 2 aliphatic heterocycles. The van der Waals surface area contributed by atoms with Crippen LogP contribution in [-0.2, 0) is 20.8 Å². The zero-order valence-corrected chi connectivity index (χ0v) is 18.0. The SMILES string of the molecule is CC(NC(=O)C1CC(=O)N(c2ccc3c(c2)OCCO3)C1)C(=O)NCCc1ccccc1. The quantitative estimate of drug-likeness (QED) is 0.687. The molecule has 8 nitrogen and oxygen atoms in total. The third-order valence-electron chi connectivity index (χ3n) is 5.64. The molecule has 8 heteroatoms. The highest BCUT2D eigenvalue weighted by atomic mass is 16.6. The highest BCUT2D eigenvalue weighted by Gasteiger charge is 2.36. The topological polar surface area (TPSA) is 97.0 Å². The third kappa shape index (κ3) is 5.01. The summed E-state index contributed by atoms with van der Waals surface area (Å²) >= 11 is 0. The van der Waals surface area contributed by atoms with Gasteiger partial charge < -0.3 is 25.0 Å². The van der Waals surface area contributed by atoms with Crippen molar-refractivity contribution in [2.75, 3.05) is 31.2 Å². The van der Waals surface area contributed by atoms with Crippen molar-refractivity contribution in [2.45, 2.75) is 25.8 Å². The van der Waals surface area contributed by atoms with Gasteiger partial charge in [0.2, 0.25) is 17.7 Å². The zero-order chi connectivity index (χ0) is 22.5. The highest BCUT2D eigenvalue weighted by Crippen LogP contribution is 2.36. The van der Waals surface area contributed by atoms with Crippen molar-refractivity contribution >= 4 is 23.4 Å². The maximum absolute atomic E-state index is 12.7. The molecule has 2 aliphatic rings. The first kappa shape index (κ1) is 21.7.